The number of tetrazole rings is 1. The molecule has 1 aliphatic rings. The van der Waals surface area contributed by atoms with Crippen LogP contribution in [0.5, 0.6) is 5.75 Å². The van der Waals surface area contributed by atoms with Gasteiger partial charge in [-0.2, -0.15) is 18.0 Å². The zero-order valence-electron chi connectivity index (χ0n) is 15.5. The monoisotopic (exact) mass is 407 g/mol. The predicted molar refractivity (Wildman–Crippen MR) is 94.6 cm³/mol. The van der Waals surface area contributed by atoms with Crippen LogP contribution in [0.15, 0.2) is 18.2 Å². The minimum atomic E-state index is -4.47. The van der Waals surface area contributed by atoms with Gasteiger partial charge in [-0.3, -0.25) is 0 Å². The third-order valence-corrected chi connectivity index (χ3v) is 4.82. The first-order chi connectivity index (χ1) is 13.7. The summed E-state index contributed by atoms with van der Waals surface area (Å²) < 4.78 is 46.3. The molecule has 0 saturated heterocycles. The first-order valence-corrected chi connectivity index (χ1v) is 8.66. The average Bonchev–Trinajstić information content (AvgIpc) is 3.23. The van der Waals surface area contributed by atoms with Crippen LogP contribution in [0.1, 0.15) is 21.6 Å². The van der Waals surface area contributed by atoms with Gasteiger partial charge in [-0.15, -0.1) is 10.2 Å². The largest absolute Gasteiger partial charge is 0.496 e. The van der Waals surface area contributed by atoms with Crippen LogP contribution < -0.4 is 4.74 Å². The lowest BCUT2D eigenvalue weighted by Crippen LogP contribution is -2.17. The molecular formula is C18H16F3N5O3. The van der Waals surface area contributed by atoms with Crippen molar-refractivity contribution in [1.82, 2.24) is 24.8 Å². The molecule has 0 amide bonds. The minimum Gasteiger partial charge on any atom is -0.496 e. The molecule has 0 fully saturated rings. The SMILES string of the molecule is COc1cc2c(cc1-c1nnn(C)n1)-c1c(CC(F)(F)F)cc(C(=O)O)n1CC2. The third-order valence-electron chi connectivity index (χ3n) is 4.82. The smallest absolute Gasteiger partial charge is 0.393 e. The van der Waals surface area contributed by atoms with E-state index in [-0.39, 0.29) is 29.3 Å². The quantitative estimate of drug-likeness (QED) is 0.715. The normalized spacial score (nSPS) is 13.1. The maximum atomic E-state index is 13.2. The summed E-state index contributed by atoms with van der Waals surface area (Å²) in [7, 11) is 3.07. The Balaban J connectivity index is 1.96. The Labute approximate surface area is 162 Å². The Bertz CT molecular complexity index is 1120. The Kier molecular flexibility index (Phi) is 4.32. The fourth-order valence-electron chi connectivity index (χ4n) is 3.70. The molecule has 1 aromatic carbocycles. The summed E-state index contributed by atoms with van der Waals surface area (Å²) in [5.74, 6) is -0.549. The maximum absolute atomic E-state index is 13.2. The second kappa shape index (κ2) is 6.61. The van der Waals surface area contributed by atoms with Crippen molar-refractivity contribution in [3.05, 3.63) is 35.0 Å². The summed E-state index contributed by atoms with van der Waals surface area (Å²) in [6.45, 7) is 0.258. The van der Waals surface area contributed by atoms with Gasteiger partial charge < -0.3 is 14.4 Å². The number of hydrogen-bond acceptors (Lipinski definition) is 5. The molecule has 3 heterocycles. The molecule has 1 aliphatic heterocycles. The van der Waals surface area contributed by atoms with E-state index >= 15 is 0 Å². The number of ether oxygens (including phenoxy) is 1. The molecule has 8 nitrogen and oxygen atoms in total. The van der Waals surface area contributed by atoms with E-state index < -0.39 is 18.6 Å². The second-order valence-corrected chi connectivity index (χ2v) is 6.71. The Morgan fingerprint density at radius 1 is 1.28 bits per heavy atom. The molecule has 29 heavy (non-hydrogen) atoms. The van der Waals surface area contributed by atoms with E-state index in [1.54, 1.807) is 19.2 Å². The van der Waals surface area contributed by atoms with Crippen LogP contribution >= 0.6 is 0 Å². The summed E-state index contributed by atoms with van der Waals surface area (Å²) in [5.41, 5.74) is 1.73. The van der Waals surface area contributed by atoms with Crippen molar-refractivity contribution in [3.8, 4) is 28.4 Å². The second-order valence-electron chi connectivity index (χ2n) is 6.71. The molecule has 0 saturated carbocycles. The van der Waals surface area contributed by atoms with Crippen molar-refractivity contribution in [2.75, 3.05) is 7.11 Å². The van der Waals surface area contributed by atoms with Gasteiger partial charge in [0.05, 0.1) is 31.8 Å². The van der Waals surface area contributed by atoms with E-state index in [1.807, 2.05) is 0 Å². The van der Waals surface area contributed by atoms with Crippen molar-refractivity contribution >= 4 is 5.97 Å². The number of methoxy groups -OCH3 is 1. The Morgan fingerprint density at radius 3 is 2.62 bits per heavy atom. The fraction of sp³-hybridized carbons (Fsp3) is 0.333. The molecule has 0 aliphatic carbocycles. The first-order valence-electron chi connectivity index (χ1n) is 8.66. The van der Waals surface area contributed by atoms with Crippen LogP contribution in [0.2, 0.25) is 0 Å². The highest BCUT2D eigenvalue weighted by Crippen LogP contribution is 2.42. The molecular weight excluding hydrogens is 391 g/mol. The lowest BCUT2D eigenvalue weighted by Gasteiger charge is -2.23. The molecule has 0 spiro atoms. The lowest BCUT2D eigenvalue weighted by molar-refractivity contribution is -0.127. The van der Waals surface area contributed by atoms with Gasteiger partial charge in [0.25, 0.3) is 0 Å². The summed E-state index contributed by atoms with van der Waals surface area (Å²) >= 11 is 0. The third kappa shape index (κ3) is 3.32. The number of carbonyl (C=O) groups is 1. The summed E-state index contributed by atoms with van der Waals surface area (Å²) in [6, 6.07) is 4.47. The first kappa shape index (κ1) is 19.0. The Morgan fingerprint density at radius 2 is 2.03 bits per heavy atom. The van der Waals surface area contributed by atoms with Crippen molar-refractivity contribution in [3.63, 3.8) is 0 Å². The average molecular weight is 407 g/mol. The lowest BCUT2D eigenvalue weighted by atomic mass is 9.92. The van der Waals surface area contributed by atoms with Crippen LogP contribution in [-0.4, -0.2) is 49.1 Å². The van der Waals surface area contributed by atoms with Crippen molar-refractivity contribution in [1.29, 1.82) is 0 Å². The van der Waals surface area contributed by atoms with Crippen LogP contribution in [0.25, 0.3) is 22.6 Å². The van der Waals surface area contributed by atoms with E-state index in [2.05, 4.69) is 15.4 Å². The number of alkyl halides is 3. The molecule has 3 aromatic rings. The van der Waals surface area contributed by atoms with Crippen LogP contribution in [0.3, 0.4) is 0 Å². The van der Waals surface area contributed by atoms with Gasteiger partial charge in [0.1, 0.15) is 11.4 Å². The molecule has 11 heteroatoms. The van der Waals surface area contributed by atoms with Gasteiger partial charge >= 0.3 is 12.1 Å². The highest BCUT2D eigenvalue weighted by molar-refractivity contribution is 5.90. The summed E-state index contributed by atoms with van der Waals surface area (Å²) in [6.07, 6.45) is -5.25. The predicted octanol–water partition coefficient (Wildman–Crippen LogP) is 2.71. The molecule has 2 aromatic heterocycles. The van der Waals surface area contributed by atoms with Gasteiger partial charge in [-0.1, -0.05) is 0 Å². The van der Waals surface area contributed by atoms with Crippen molar-refractivity contribution in [2.24, 2.45) is 7.05 Å². The number of fused-ring (bicyclic) bond motifs is 3. The van der Waals surface area contributed by atoms with Crippen molar-refractivity contribution in [2.45, 2.75) is 25.6 Å². The Hall–Kier alpha value is -3.37. The number of carboxylic acids is 1. The van der Waals surface area contributed by atoms with Crippen LogP contribution in [0, 0.1) is 0 Å². The van der Waals surface area contributed by atoms with E-state index in [1.165, 1.54) is 16.5 Å². The summed E-state index contributed by atoms with van der Waals surface area (Å²) in [5, 5.41) is 21.4. The van der Waals surface area contributed by atoms with Gasteiger partial charge in [-0.05, 0) is 41.0 Å². The van der Waals surface area contributed by atoms with Gasteiger partial charge in [0.15, 0.2) is 0 Å². The number of aryl methyl sites for hydroxylation is 2. The van der Waals surface area contributed by atoms with E-state index in [0.717, 1.165) is 11.6 Å². The number of halogens is 3. The van der Waals surface area contributed by atoms with Gasteiger partial charge in [0, 0.05) is 12.1 Å². The number of hydrogen-bond donors (Lipinski definition) is 1. The highest BCUT2D eigenvalue weighted by Gasteiger charge is 2.34. The van der Waals surface area contributed by atoms with E-state index in [0.29, 0.717) is 23.3 Å². The topological polar surface area (TPSA) is 95.1 Å². The van der Waals surface area contributed by atoms with Crippen LogP contribution in [-0.2, 0) is 26.4 Å². The van der Waals surface area contributed by atoms with E-state index in [4.69, 9.17) is 4.74 Å². The number of rotatable bonds is 4. The zero-order chi connectivity index (χ0) is 20.9. The number of nitrogens with zero attached hydrogens (tertiary/aromatic N) is 5. The molecule has 4 rings (SSSR count). The number of aromatic nitrogens is 5. The summed E-state index contributed by atoms with van der Waals surface area (Å²) in [4.78, 5) is 12.9. The molecule has 0 bridgehead atoms. The number of benzene rings is 1. The van der Waals surface area contributed by atoms with Crippen LogP contribution in [0.4, 0.5) is 13.2 Å². The van der Waals surface area contributed by atoms with Crippen molar-refractivity contribution < 1.29 is 27.8 Å². The zero-order valence-corrected chi connectivity index (χ0v) is 15.5. The number of aromatic carboxylic acids is 1. The molecule has 1 N–H and O–H groups in total. The minimum absolute atomic E-state index is 0.0842. The number of carboxylic acid groups (broad SMARTS) is 1. The molecule has 152 valence electrons. The molecule has 0 radical (unpaired) electrons. The molecule has 0 unspecified atom stereocenters. The molecule has 0 atom stereocenters. The van der Waals surface area contributed by atoms with Gasteiger partial charge in [-0.25, -0.2) is 4.79 Å². The van der Waals surface area contributed by atoms with Gasteiger partial charge in [0.2, 0.25) is 5.82 Å². The highest BCUT2D eigenvalue weighted by atomic mass is 19.4. The van der Waals surface area contributed by atoms with E-state index in [9.17, 15) is 23.1 Å². The standard InChI is InChI=1S/C18H16F3N5O3/c1-25-23-16(22-24-25)12-7-11-9(6-14(12)29-2)3-4-26-13(17(27)28)5-10(15(11)26)8-18(19,20)21/h5-7H,3-4,8H2,1-2H3,(H,27,28). The maximum Gasteiger partial charge on any atom is 0.393 e. The fourth-order valence-corrected chi connectivity index (χ4v) is 3.70.